The number of nitrogens with zero attached hydrogens (tertiary/aromatic N) is 1. The Labute approximate surface area is 119 Å². The lowest BCUT2D eigenvalue weighted by Gasteiger charge is -2.44. The number of fused-ring (bicyclic) bond motifs is 1. The number of phenols is 1. The van der Waals surface area contributed by atoms with Crippen LogP contribution in [-0.4, -0.2) is 41.2 Å². The van der Waals surface area contributed by atoms with Crippen molar-refractivity contribution in [3.63, 3.8) is 0 Å². The molecule has 0 spiro atoms. The summed E-state index contributed by atoms with van der Waals surface area (Å²) in [6.45, 7) is 3.06. The molecule has 2 atom stereocenters. The van der Waals surface area contributed by atoms with E-state index in [-0.39, 0.29) is 23.8 Å². The number of hydrogen-bond acceptors (Lipinski definition) is 3. The summed E-state index contributed by atoms with van der Waals surface area (Å²) in [6, 6.07) is 5.35. The van der Waals surface area contributed by atoms with Crippen LogP contribution in [0.1, 0.15) is 41.6 Å². The molecule has 1 aliphatic heterocycles. The van der Waals surface area contributed by atoms with E-state index >= 15 is 0 Å². The largest absolute Gasteiger partial charge is 0.508 e. The molecule has 2 fully saturated rings. The number of rotatable bonds is 1. The summed E-state index contributed by atoms with van der Waals surface area (Å²) in [6.07, 6.45) is 4.61. The van der Waals surface area contributed by atoms with Gasteiger partial charge in [-0.2, -0.15) is 0 Å². The molecule has 1 heterocycles. The monoisotopic (exact) mass is 275 g/mol. The molecule has 20 heavy (non-hydrogen) atoms. The van der Waals surface area contributed by atoms with E-state index in [1.165, 1.54) is 6.42 Å². The maximum atomic E-state index is 12.8. The van der Waals surface area contributed by atoms with Crippen molar-refractivity contribution in [1.29, 1.82) is 0 Å². The van der Waals surface area contributed by atoms with E-state index < -0.39 is 0 Å². The Morgan fingerprint density at radius 2 is 2.15 bits per heavy atom. The molecule has 1 saturated carbocycles. The normalized spacial score (nSPS) is 26.1. The number of ether oxygens (including phenoxy) is 1. The predicted octanol–water partition coefficient (Wildman–Crippen LogP) is 2.48. The van der Waals surface area contributed by atoms with Crippen molar-refractivity contribution in [3.8, 4) is 5.75 Å². The molecular formula is C16H21NO3. The molecule has 1 aromatic rings. The van der Waals surface area contributed by atoms with Gasteiger partial charge in [0, 0.05) is 17.7 Å². The molecule has 0 bridgehead atoms. The third kappa shape index (κ3) is 2.29. The third-order valence-electron chi connectivity index (χ3n) is 4.53. The number of phenolic OH excluding ortho intramolecular Hbond substituents is 1. The first-order chi connectivity index (χ1) is 9.68. The molecule has 1 N–H and O–H groups in total. The molecule has 4 nitrogen and oxygen atoms in total. The molecule has 2 unspecified atom stereocenters. The van der Waals surface area contributed by atoms with Gasteiger partial charge in [0.15, 0.2) is 0 Å². The van der Waals surface area contributed by atoms with Crippen molar-refractivity contribution < 1.29 is 14.6 Å². The molecule has 1 aliphatic carbocycles. The first-order valence-corrected chi connectivity index (χ1v) is 7.39. The Kier molecular flexibility index (Phi) is 3.66. The van der Waals surface area contributed by atoms with Gasteiger partial charge in [0.25, 0.3) is 5.91 Å². The average Bonchev–Trinajstić information content (AvgIpc) is 2.49. The van der Waals surface area contributed by atoms with E-state index in [1.54, 1.807) is 25.1 Å². The van der Waals surface area contributed by atoms with Gasteiger partial charge < -0.3 is 14.7 Å². The van der Waals surface area contributed by atoms with Crippen LogP contribution in [0.4, 0.5) is 0 Å². The number of carbonyl (C=O) groups excluding carboxylic acids is 1. The molecule has 1 aromatic carbocycles. The Morgan fingerprint density at radius 1 is 1.35 bits per heavy atom. The Morgan fingerprint density at radius 3 is 3.00 bits per heavy atom. The third-order valence-corrected chi connectivity index (χ3v) is 4.53. The van der Waals surface area contributed by atoms with Gasteiger partial charge in [0.2, 0.25) is 0 Å². The lowest BCUT2D eigenvalue weighted by molar-refractivity contribution is -0.0753. The highest BCUT2D eigenvalue weighted by Gasteiger charge is 2.37. The molecule has 1 amide bonds. The number of amides is 1. The van der Waals surface area contributed by atoms with Crippen molar-refractivity contribution in [2.75, 3.05) is 13.2 Å². The van der Waals surface area contributed by atoms with Gasteiger partial charge in [-0.05, 0) is 31.9 Å². The molecule has 3 rings (SSSR count). The number of hydrogen-bond donors (Lipinski definition) is 1. The zero-order valence-corrected chi connectivity index (χ0v) is 11.8. The van der Waals surface area contributed by atoms with Crippen LogP contribution >= 0.6 is 0 Å². The predicted molar refractivity (Wildman–Crippen MR) is 75.9 cm³/mol. The zero-order chi connectivity index (χ0) is 14.1. The highest BCUT2D eigenvalue weighted by molar-refractivity contribution is 5.96. The molecule has 4 heteroatoms. The van der Waals surface area contributed by atoms with Gasteiger partial charge in [-0.15, -0.1) is 0 Å². The molecular weight excluding hydrogens is 254 g/mol. The standard InChI is InChI=1S/C16H21NO3/c1-11-12(5-4-7-14(11)18)16(19)17-9-10-20-15-8-3-2-6-13(15)17/h4-5,7,13,15,18H,2-3,6,8-10H2,1H3. The first-order valence-electron chi connectivity index (χ1n) is 7.39. The molecule has 108 valence electrons. The van der Waals surface area contributed by atoms with E-state index in [9.17, 15) is 9.90 Å². The number of carbonyl (C=O) groups is 1. The SMILES string of the molecule is Cc1c(O)cccc1C(=O)N1CCOC2CCCCC21. The minimum Gasteiger partial charge on any atom is -0.508 e. The summed E-state index contributed by atoms with van der Waals surface area (Å²) in [7, 11) is 0. The van der Waals surface area contributed by atoms with Gasteiger partial charge >= 0.3 is 0 Å². The quantitative estimate of drug-likeness (QED) is 0.856. The Hall–Kier alpha value is -1.55. The van der Waals surface area contributed by atoms with Gasteiger partial charge in [0.05, 0.1) is 18.8 Å². The lowest BCUT2D eigenvalue weighted by Crippen LogP contribution is -2.54. The fraction of sp³-hybridized carbons (Fsp3) is 0.562. The summed E-state index contributed by atoms with van der Waals surface area (Å²) < 4.78 is 5.81. The minimum atomic E-state index is 0.0265. The van der Waals surface area contributed by atoms with Crippen LogP contribution in [0.25, 0.3) is 0 Å². The maximum absolute atomic E-state index is 12.8. The van der Waals surface area contributed by atoms with Gasteiger partial charge in [-0.3, -0.25) is 4.79 Å². The summed E-state index contributed by atoms with van der Waals surface area (Å²) in [4.78, 5) is 14.7. The van der Waals surface area contributed by atoms with Crippen LogP contribution in [0.3, 0.4) is 0 Å². The van der Waals surface area contributed by atoms with Crippen LogP contribution in [0.2, 0.25) is 0 Å². The summed E-state index contributed by atoms with van der Waals surface area (Å²) in [5.41, 5.74) is 1.27. The van der Waals surface area contributed by atoms with Crippen LogP contribution in [0.15, 0.2) is 18.2 Å². The van der Waals surface area contributed by atoms with Crippen LogP contribution in [0.5, 0.6) is 5.75 Å². The van der Waals surface area contributed by atoms with E-state index in [0.29, 0.717) is 24.3 Å². The second-order valence-corrected chi connectivity index (χ2v) is 5.71. The fourth-order valence-corrected chi connectivity index (χ4v) is 3.36. The smallest absolute Gasteiger partial charge is 0.254 e. The van der Waals surface area contributed by atoms with E-state index in [0.717, 1.165) is 19.3 Å². The van der Waals surface area contributed by atoms with Gasteiger partial charge in [-0.1, -0.05) is 18.9 Å². The average molecular weight is 275 g/mol. The second-order valence-electron chi connectivity index (χ2n) is 5.71. The molecule has 2 aliphatic rings. The topological polar surface area (TPSA) is 49.8 Å². The molecule has 0 aromatic heterocycles. The van der Waals surface area contributed by atoms with Crippen LogP contribution in [0, 0.1) is 6.92 Å². The highest BCUT2D eigenvalue weighted by atomic mass is 16.5. The molecule has 1 saturated heterocycles. The zero-order valence-electron chi connectivity index (χ0n) is 11.8. The summed E-state index contributed by atoms with van der Waals surface area (Å²) in [5, 5.41) is 9.78. The highest BCUT2D eigenvalue weighted by Crippen LogP contribution is 2.30. The number of aromatic hydroxyl groups is 1. The number of morpholine rings is 1. The van der Waals surface area contributed by atoms with E-state index in [2.05, 4.69) is 0 Å². The molecule has 0 radical (unpaired) electrons. The van der Waals surface area contributed by atoms with Crippen molar-refractivity contribution in [2.45, 2.75) is 44.8 Å². The lowest BCUT2D eigenvalue weighted by atomic mass is 9.89. The summed E-state index contributed by atoms with van der Waals surface area (Å²) >= 11 is 0. The van der Waals surface area contributed by atoms with Gasteiger partial charge in [-0.25, -0.2) is 0 Å². The van der Waals surface area contributed by atoms with Crippen LogP contribution in [-0.2, 0) is 4.74 Å². The van der Waals surface area contributed by atoms with E-state index in [4.69, 9.17) is 4.74 Å². The summed E-state index contributed by atoms with van der Waals surface area (Å²) in [5.74, 6) is 0.211. The van der Waals surface area contributed by atoms with Crippen molar-refractivity contribution in [2.24, 2.45) is 0 Å². The first kappa shape index (κ1) is 13.4. The minimum absolute atomic E-state index is 0.0265. The Bertz CT molecular complexity index is 512. The number of benzene rings is 1. The van der Waals surface area contributed by atoms with Crippen molar-refractivity contribution in [1.82, 2.24) is 4.90 Å². The maximum Gasteiger partial charge on any atom is 0.254 e. The Balaban J connectivity index is 1.87. The van der Waals surface area contributed by atoms with Gasteiger partial charge in [0.1, 0.15) is 5.75 Å². The second kappa shape index (κ2) is 5.44. The van der Waals surface area contributed by atoms with Crippen molar-refractivity contribution in [3.05, 3.63) is 29.3 Å². The van der Waals surface area contributed by atoms with E-state index in [1.807, 2.05) is 4.90 Å². The van der Waals surface area contributed by atoms with Crippen molar-refractivity contribution >= 4 is 5.91 Å². The fourth-order valence-electron chi connectivity index (χ4n) is 3.36. The van der Waals surface area contributed by atoms with Crippen LogP contribution < -0.4 is 0 Å².